The lowest BCUT2D eigenvalue weighted by Gasteiger charge is -2.15. The number of carbonyl (C=O) groups excluding carboxylic acids is 2. The molecule has 0 fully saturated rings. The molecular weight excluding hydrogens is 342 g/mol. The molecule has 7 heteroatoms. The summed E-state index contributed by atoms with van der Waals surface area (Å²) in [7, 11) is -3.64. The van der Waals surface area contributed by atoms with E-state index in [1.54, 1.807) is 0 Å². The minimum atomic E-state index is -3.64. The van der Waals surface area contributed by atoms with Gasteiger partial charge in [-0.15, -0.1) is 0 Å². The molecule has 25 heavy (non-hydrogen) atoms. The maximum Gasteiger partial charge on any atom is 0.306 e. The van der Waals surface area contributed by atoms with Gasteiger partial charge in [0.05, 0.1) is 4.91 Å². The van der Waals surface area contributed by atoms with Gasteiger partial charge >= 0.3 is 5.97 Å². The Labute approximate surface area is 148 Å². The first-order chi connectivity index (χ1) is 11.8. The molecule has 2 rings (SSSR count). The van der Waals surface area contributed by atoms with Crippen molar-refractivity contribution in [3.8, 4) is 0 Å². The van der Waals surface area contributed by atoms with Gasteiger partial charge in [0.2, 0.25) is 0 Å². The number of rotatable bonds is 8. The molecule has 0 aromatic heterocycles. The topological polar surface area (TPSA) is 80.8 Å². The normalized spacial score (nSPS) is 16.4. The lowest BCUT2D eigenvalue weighted by atomic mass is 10.2. The van der Waals surface area contributed by atoms with Crippen molar-refractivity contribution in [2.75, 3.05) is 6.54 Å². The van der Waals surface area contributed by atoms with E-state index in [2.05, 4.69) is 0 Å². The van der Waals surface area contributed by atoms with Crippen LogP contribution in [-0.2, 0) is 31.0 Å². The quantitative estimate of drug-likeness (QED) is 0.523. The molecule has 0 aliphatic carbocycles. The van der Waals surface area contributed by atoms with Gasteiger partial charge in [0.1, 0.15) is 6.61 Å². The van der Waals surface area contributed by atoms with Crippen molar-refractivity contribution >= 4 is 21.9 Å². The number of benzene rings is 1. The summed E-state index contributed by atoms with van der Waals surface area (Å²) in [4.78, 5) is 23.8. The number of carbonyl (C=O) groups is 2. The lowest BCUT2D eigenvalue weighted by Crippen LogP contribution is -2.32. The summed E-state index contributed by atoms with van der Waals surface area (Å²) in [6.45, 7) is 3.38. The molecule has 1 heterocycles. The van der Waals surface area contributed by atoms with Crippen molar-refractivity contribution in [3.63, 3.8) is 0 Å². The van der Waals surface area contributed by atoms with Crippen LogP contribution in [-0.4, -0.2) is 31.1 Å². The van der Waals surface area contributed by atoms with Gasteiger partial charge in [-0.25, -0.2) is 12.7 Å². The number of esters is 1. The predicted molar refractivity (Wildman–Crippen MR) is 93.7 cm³/mol. The van der Waals surface area contributed by atoms with Crippen LogP contribution in [0.5, 0.6) is 0 Å². The Balaban J connectivity index is 1.65. The molecule has 0 N–H and O–H groups in total. The molecule has 1 aromatic rings. The summed E-state index contributed by atoms with van der Waals surface area (Å²) in [6, 6.07) is 9.44. The third kappa shape index (κ3) is 4.69. The van der Waals surface area contributed by atoms with Crippen LogP contribution >= 0.6 is 0 Å². The van der Waals surface area contributed by atoms with Crippen LogP contribution < -0.4 is 0 Å². The van der Waals surface area contributed by atoms with E-state index >= 15 is 0 Å². The molecule has 1 aliphatic rings. The van der Waals surface area contributed by atoms with E-state index in [1.807, 2.05) is 30.3 Å². The summed E-state index contributed by atoms with van der Waals surface area (Å²) in [5.41, 5.74) is 1.22. The highest BCUT2D eigenvalue weighted by Gasteiger charge is 2.38. The van der Waals surface area contributed by atoms with E-state index in [4.69, 9.17) is 4.74 Å². The standard InChI is InChI=1S/C18H23NO5S/c1-14-15(2)25(22,23)19(18(14)21)12-8-4-7-11-17(20)24-13-16-9-5-3-6-10-16/h3,5-6,9-10H,4,7-8,11-13H2,1-2H3. The Morgan fingerprint density at radius 2 is 1.76 bits per heavy atom. The zero-order chi connectivity index (χ0) is 18.4. The maximum atomic E-state index is 12.1. The van der Waals surface area contributed by atoms with E-state index in [-0.39, 0.29) is 36.0 Å². The molecule has 0 saturated heterocycles. The number of sulfonamides is 1. The van der Waals surface area contributed by atoms with Crippen LogP contribution in [0, 0.1) is 0 Å². The maximum absolute atomic E-state index is 12.1. The first-order valence-corrected chi connectivity index (χ1v) is 9.72. The lowest BCUT2D eigenvalue weighted by molar-refractivity contribution is -0.145. The number of ether oxygens (including phenoxy) is 1. The highest BCUT2D eigenvalue weighted by atomic mass is 32.2. The third-order valence-corrected chi connectivity index (χ3v) is 6.25. The fraction of sp³-hybridized carbons (Fsp3) is 0.444. The first-order valence-electron chi connectivity index (χ1n) is 8.28. The number of nitrogens with zero attached hydrogens (tertiary/aromatic N) is 1. The van der Waals surface area contributed by atoms with Crippen molar-refractivity contribution in [2.24, 2.45) is 0 Å². The minimum Gasteiger partial charge on any atom is -0.461 e. The molecular formula is C18H23NO5S. The van der Waals surface area contributed by atoms with E-state index in [9.17, 15) is 18.0 Å². The summed E-state index contributed by atoms with van der Waals surface area (Å²) in [5, 5.41) is 0. The average molecular weight is 365 g/mol. The molecule has 0 atom stereocenters. The van der Waals surface area contributed by atoms with Crippen molar-refractivity contribution in [1.82, 2.24) is 4.31 Å². The monoisotopic (exact) mass is 365 g/mol. The third-order valence-electron chi connectivity index (χ3n) is 4.24. The second kappa shape index (κ2) is 8.29. The predicted octanol–water partition coefficient (Wildman–Crippen LogP) is 2.76. The van der Waals surface area contributed by atoms with Gasteiger partial charge in [0, 0.05) is 18.5 Å². The van der Waals surface area contributed by atoms with Crippen LogP contribution in [0.15, 0.2) is 40.8 Å². The first kappa shape index (κ1) is 19.2. The van der Waals surface area contributed by atoms with Gasteiger partial charge < -0.3 is 4.74 Å². The van der Waals surface area contributed by atoms with Gasteiger partial charge in [0.25, 0.3) is 15.9 Å². The molecule has 0 unspecified atom stereocenters. The van der Waals surface area contributed by atoms with Gasteiger partial charge in [-0.2, -0.15) is 0 Å². The fourth-order valence-electron chi connectivity index (χ4n) is 2.54. The van der Waals surface area contributed by atoms with E-state index in [1.165, 1.54) is 13.8 Å². The highest BCUT2D eigenvalue weighted by Crippen LogP contribution is 2.27. The Morgan fingerprint density at radius 1 is 1.08 bits per heavy atom. The number of hydrogen-bond acceptors (Lipinski definition) is 5. The molecule has 136 valence electrons. The Hall–Kier alpha value is -2.15. The molecule has 1 aliphatic heterocycles. The van der Waals surface area contributed by atoms with E-state index < -0.39 is 15.9 Å². The van der Waals surface area contributed by atoms with Gasteiger partial charge in [-0.3, -0.25) is 9.59 Å². The summed E-state index contributed by atoms with van der Waals surface area (Å²) in [6.07, 6.45) is 2.06. The SMILES string of the molecule is CC1=C(C)S(=O)(=O)N(CCCCCC(=O)OCc2ccccc2)C1=O. The molecule has 6 nitrogen and oxygen atoms in total. The zero-order valence-electron chi connectivity index (χ0n) is 14.5. The second-order valence-corrected chi connectivity index (χ2v) is 8.02. The number of amides is 1. The van der Waals surface area contributed by atoms with Gasteiger partial charge in [0.15, 0.2) is 0 Å². The average Bonchev–Trinajstić information content (AvgIpc) is 2.74. The molecule has 0 saturated carbocycles. The molecule has 1 aromatic carbocycles. The van der Waals surface area contributed by atoms with Crippen LogP contribution in [0.2, 0.25) is 0 Å². The van der Waals surface area contributed by atoms with Crippen LogP contribution in [0.3, 0.4) is 0 Å². The van der Waals surface area contributed by atoms with Crippen LogP contribution in [0.4, 0.5) is 0 Å². The van der Waals surface area contributed by atoms with Gasteiger partial charge in [-0.1, -0.05) is 36.8 Å². The Morgan fingerprint density at radius 3 is 2.36 bits per heavy atom. The molecule has 0 bridgehead atoms. The smallest absolute Gasteiger partial charge is 0.306 e. The number of unbranched alkanes of at least 4 members (excludes halogenated alkanes) is 2. The largest absolute Gasteiger partial charge is 0.461 e. The van der Waals surface area contributed by atoms with Gasteiger partial charge in [-0.05, 0) is 32.3 Å². The van der Waals surface area contributed by atoms with Crippen LogP contribution in [0.1, 0.15) is 45.1 Å². The second-order valence-electron chi connectivity index (χ2n) is 6.02. The van der Waals surface area contributed by atoms with Crippen molar-refractivity contribution < 1.29 is 22.7 Å². The fourth-order valence-corrected chi connectivity index (χ4v) is 4.07. The van der Waals surface area contributed by atoms with Crippen molar-refractivity contribution in [1.29, 1.82) is 0 Å². The zero-order valence-corrected chi connectivity index (χ0v) is 15.3. The summed E-state index contributed by atoms with van der Waals surface area (Å²) >= 11 is 0. The van der Waals surface area contributed by atoms with Crippen molar-refractivity contribution in [2.45, 2.75) is 46.1 Å². The minimum absolute atomic E-state index is 0.127. The van der Waals surface area contributed by atoms with Crippen LogP contribution in [0.25, 0.3) is 0 Å². The molecule has 0 radical (unpaired) electrons. The number of hydrogen-bond donors (Lipinski definition) is 0. The Bertz CT molecular complexity index is 768. The molecule has 1 amide bonds. The van der Waals surface area contributed by atoms with E-state index in [0.717, 1.165) is 9.87 Å². The molecule has 0 spiro atoms. The summed E-state index contributed by atoms with van der Waals surface area (Å²) in [5.74, 6) is -0.721. The van der Waals surface area contributed by atoms with E-state index in [0.29, 0.717) is 19.3 Å². The van der Waals surface area contributed by atoms with Crippen molar-refractivity contribution in [3.05, 3.63) is 46.4 Å². The highest BCUT2D eigenvalue weighted by molar-refractivity contribution is 7.94. The Kier molecular flexibility index (Phi) is 6.36. The number of allylic oxidation sites excluding steroid dienone is 1. The summed E-state index contributed by atoms with van der Waals surface area (Å²) < 4.78 is 30.3.